The summed E-state index contributed by atoms with van der Waals surface area (Å²) in [5, 5.41) is 4.90. The normalized spacial score (nSPS) is 14.3. The number of pyridine rings is 1. The summed E-state index contributed by atoms with van der Waals surface area (Å²) in [5.41, 5.74) is 5.58. The minimum atomic E-state index is -0.184. The molecule has 5 rings (SSSR count). The van der Waals surface area contributed by atoms with Crippen molar-refractivity contribution in [2.75, 3.05) is 6.54 Å². The van der Waals surface area contributed by atoms with Crippen LogP contribution in [-0.4, -0.2) is 36.2 Å². The Morgan fingerprint density at radius 3 is 2.55 bits per heavy atom. The number of benzene rings is 1. The monoisotopic (exact) mass is 440 g/mol. The zero-order valence-corrected chi connectivity index (χ0v) is 19.2. The molecule has 0 saturated heterocycles. The van der Waals surface area contributed by atoms with Gasteiger partial charge in [-0.05, 0) is 24.3 Å². The van der Waals surface area contributed by atoms with E-state index in [1.54, 1.807) is 12.4 Å². The Balaban J connectivity index is 1.46. The van der Waals surface area contributed by atoms with Gasteiger partial charge in [0, 0.05) is 61.2 Å². The Labute approximate surface area is 193 Å². The molecule has 0 saturated carbocycles. The fourth-order valence-corrected chi connectivity index (χ4v) is 4.20. The maximum Gasteiger partial charge on any atom is 0.255 e. The Morgan fingerprint density at radius 2 is 1.82 bits per heavy atom. The number of rotatable bonds is 4. The number of nitrogens with one attached hydrogen (secondary N) is 1. The second-order valence-corrected chi connectivity index (χ2v) is 9.57. The van der Waals surface area contributed by atoms with Gasteiger partial charge in [-0.2, -0.15) is 5.10 Å². The first kappa shape index (κ1) is 21.3. The zero-order valence-electron chi connectivity index (χ0n) is 19.2. The van der Waals surface area contributed by atoms with Crippen molar-refractivity contribution in [2.45, 2.75) is 45.7 Å². The number of H-pyrrole nitrogens is 1. The lowest BCUT2D eigenvalue weighted by Crippen LogP contribution is -2.37. The Bertz CT molecular complexity index is 1320. The molecule has 7 nitrogen and oxygen atoms in total. The lowest BCUT2D eigenvalue weighted by atomic mass is 9.95. The summed E-state index contributed by atoms with van der Waals surface area (Å²) >= 11 is 0. The van der Waals surface area contributed by atoms with Gasteiger partial charge in [0.05, 0.1) is 22.6 Å². The SMILES string of the molecule is CC(C)(C)c1nc2c(c(=O)[nH]1)CN(Cc1cn(-c3ccccc3)nc1-c1ccncc1)CC2. The number of hydrogen-bond donors (Lipinski definition) is 1. The van der Waals surface area contributed by atoms with Crippen LogP contribution in [0, 0.1) is 0 Å². The second kappa shape index (κ2) is 8.41. The molecule has 0 bridgehead atoms. The minimum Gasteiger partial charge on any atom is -0.310 e. The average molecular weight is 441 g/mol. The molecule has 1 N–H and O–H groups in total. The van der Waals surface area contributed by atoms with E-state index in [4.69, 9.17) is 10.1 Å². The molecule has 168 valence electrons. The Hall–Kier alpha value is -3.58. The average Bonchev–Trinajstić information content (AvgIpc) is 3.24. The summed E-state index contributed by atoms with van der Waals surface area (Å²) in [6.45, 7) is 8.32. The third-order valence-corrected chi connectivity index (χ3v) is 6.02. The van der Waals surface area contributed by atoms with Gasteiger partial charge in [0.15, 0.2) is 0 Å². The van der Waals surface area contributed by atoms with E-state index in [0.717, 1.165) is 52.6 Å². The first-order chi connectivity index (χ1) is 15.9. The van der Waals surface area contributed by atoms with Crippen LogP contribution >= 0.6 is 0 Å². The van der Waals surface area contributed by atoms with Gasteiger partial charge in [0.1, 0.15) is 5.82 Å². The highest BCUT2D eigenvalue weighted by Crippen LogP contribution is 2.27. The molecule has 0 unspecified atom stereocenters. The molecule has 1 aromatic carbocycles. The number of fused-ring (bicyclic) bond motifs is 1. The maximum atomic E-state index is 12.9. The van der Waals surface area contributed by atoms with Crippen molar-refractivity contribution >= 4 is 0 Å². The van der Waals surface area contributed by atoms with Crippen molar-refractivity contribution in [3.8, 4) is 16.9 Å². The molecule has 7 heteroatoms. The van der Waals surface area contributed by atoms with E-state index < -0.39 is 0 Å². The van der Waals surface area contributed by atoms with E-state index >= 15 is 0 Å². The summed E-state index contributed by atoms with van der Waals surface area (Å²) in [4.78, 5) is 27.1. The largest absolute Gasteiger partial charge is 0.310 e. The quantitative estimate of drug-likeness (QED) is 0.521. The van der Waals surface area contributed by atoms with Gasteiger partial charge in [0.2, 0.25) is 0 Å². The van der Waals surface area contributed by atoms with E-state index in [0.29, 0.717) is 13.1 Å². The smallest absolute Gasteiger partial charge is 0.255 e. The van der Waals surface area contributed by atoms with Gasteiger partial charge in [-0.15, -0.1) is 0 Å². The molecule has 3 aromatic heterocycles. The van der Waals surface area contributed by atoms with E-state index in [1.165, 1.54) is 0 Å². The van der Waals surface area contributed by atoms with Crippen molar-refractivity contribution in [3.05, 3.63) is 94.1 Å². The van der Waals surface area contributed by atoms with Crippen LogP contribution in [0.4, 0.5) is 0 Å². The molecule has 0 atom stereocenters. The van der Waals surface area contributed by atoms with Gasteiger partial charge in [0.25, 0.3) is 5.56 Å². The van der Waals surface area contributed by atoms with Crippen LogP contribution in [0.25, 0.3) is 16.9 Å². The molecule has 4 heterocycles. The molecule has 0 spiro atoms. The molecule has 0 amide bonds. The van der Waals surface area contributed by atoms with Gasteiger partial charge in [-0.25, -0.2) is 9.67 Å². The highest BCUT2D eigenvalue weighted by atomic mass is 16.1. The third-order valence-electron chi connectivity index (χ3n) is 6.02. The van der Waals surface area contributed by atoms with Crippen LogP contribution < -0.4 is 5.56 Å². The summed E-state index contributed by atoms with van der Waals surface area (Å²) in [6, 6.07) is 14.1. The lowest BCUT2D eigenvalue weighted by molar-refractivity contribution is 0.241. The van der Waals surface area contributed by atoms with Gasteiger partial charge >= 0.3 is 0 Å². The first-order valence-electron chi connectivity index (χ1n) is 11.3. The number of aromatic amines is 1. The van der Waals surface area contributed by atoms with Crippen LogP contribution in [0.15, 0.2) is 65.8 Å². The molecule has 0 radical (unpaired) electrons. The molecular weight excluding hydrogens is 412 g/mol. The number of hydrogen-bond acceptors (Lipinski definition) is 5. The highest BCUT2D eigenvalue weighted by Gasteiger charge is 2.26. The maximum absolute atomic E-state index is 12.9. The molecule has 1 aliphatic heterocycles. The summed E-state index contributed by atoms with van der Waals surface area (Å²) in [7, 11) is 0. The fraction of sp³-hybridized carbons (Fsp3) is 0.308. The van der Waals surface area contributed by atoms with Crippen LogP contribution in [0.1, 0.15) is 43.4 Å². The summed E-state index contributed by atoms with van der Waals surface area (Å²) in [5.74, 6) is 0.754. The van der Waals surface area contributed by atoms with E-state index in [2.05, 4.69) is 41.8 Å². The topological polar surface area (TPSA) is 79.7 Å². The number of aromatic nitrogens is 5. The first-order valence-corrected chi connectivity index (χ1v) is 11.3. The van der Waals surface area contributed by atoms with Crippen molar-refractivity contribution in [1.82, 2.24) is 29.6 Å². The molecule has 0 aliphatic carbocycles. The molecular formula is C26H28N6O. The zero-order chi connectivity index (χ0) is 23.0. The number of para-hydroxylation sites is 1. The second-order valence-electron chi connectivity index (χ2n) is 9.57. The summed E-state index contributed by atoms with van der Waals surface area (Å²) in [6.07, 6.45) is 6.43. The Kier molecular flexibility index (Phi) is 5.42. The predicted octanol–water partition coefficient (Wildman–Crippen LogP) is 3.87. The molecule has 0 fully saturated rings. The lowest BCUT2D eigenvalue weighted by Gasteiger charge is -2.28. The predicted molar refractivity (Wildman–Crippen MR) is 128 cm³/mol. The molecule has 1 aliphatic rings. The summed E-state index contributed by atoms with van der Waals surface area (Å²) < 4.78 is 1.92. The van der Waals surface area contributed by atoms with Gasteiger partial charge in [-0.1, -0.05) is 39.0 Å². The minimum absolute atomic E-state index is 0.0241. The van der Waals surface area contributed by atoms with Crippen molar-refractivity contribution < 1.29 is 0 Å². The van der Waals surface area contributed by atoms with Gasteiger partial charge in [-0.3, -0.25) is 14.7 Å². The van der Waals surface area contributed by atoms with Crippen LogP contribution in [0.2, 0.25) is 0 Å². The number of nitrogens with zero attached hydrogens (tertiary/aromatic N) is 5. The van der Waals surface area contributed by atoms with E-state index in [9.17, 15) is 4.79 Å². The molecule has 33 heavy (non-hydrogen) atoms. The molecule has 4 aromatic rings. The van der Waals surface area contributed by atoms with Gasteiger partial charge < -0.3 is 4.98 Å². The van der Waals surface area contributed by atoms with E-state index in [1.807, 2.05) is 47.1 Å². The third kappa shape index (κ3) is 4.36. The van der Waals surface area contributed by atoms with Crippen LogP contribution in [0.5, 0.6) is 0 Å². The fourth-order valence-electron chi connectivity index (χ4n) is 4.20. The Morgan fingerprint density at radius 1 is 1.06 bits per heavy atom. The van der Waals surface area contributed by atoms with Crippen LogP contribution in [-0.2, 0) is 24.9 Å². The van der Waals surface area contributed by atoms with Crippen molar-refractivity contribution in [2.24, 2.45) is 0 Å². The standard InChI is InChI=1S/C26H28N6O/c1-26(2,3)25-28-22-11-14-31(17-21(22)24(33)29-25)15-19-16-32(20-7-5-4-6-8-20)30-23(19)18-9-12-27-13-10-18/h4-10,12-13,16H,11,14-15,17H2,1-3H3,(H,28,29,33). The van der Waals surface area contributed by atoms with Crippen molar-refractivity contribution in [1.29, 1.82) is 0 Å². The highest BCUT2D eigenvalue weighted by molar-refractivity contribution is 5.62. The van der Waals surface area contributed by atoms with Crippen molar-refractivity contribution in [3.63, 3.8) is 0 Å². The van der Waals surface area contributed by atoms with Crippen LogP contribution in [0.3, 0.4) is 0 Å². The van der Waals surface area contributed by atoms with E-state index in [-0.39, 0.29) is 11.0 Å².